The number of nitrogens with one attached hydrogen (secondary N) is 1. The first-order chi connectivity index (χ1) is 11.6. The quantitative estimate of drug-likeness (QED) is 0.583. The molecule has 3 rings (SSSR count). The standard InChI is InChI=1S/C17H15N5O2/c1-11-9-12(2)21-17(20-11)22-13-3-5-14(6-4-13)24-16(23)15-10-18-7-8-19-15/h3-10H,1-2H3,(H,20,21,22). The van der Waals surface area contributed by atoms with Crippen LogP contribution in [0.3, 0.4) is 0 Å². The van der Waals surface area contributed by atoms with Crippen LogP contribution in [0.1, 0.15) is 21.9 Å². The SMILES string of the molecule is Cc1cc(C)nc(Nc2ccc(OC(=O)c3cnccn3)cc2)n1. The van der Waals surface area contributed by atoms with E-state index in [4.69, 9.17) is 4.74 Å². The fraction of sp³-hybridized carbons (Fsp3) is 0.118. The molecule has 0 aliphatic heterocycles. The Morgan fingerprint density at radius 3 is 2.38 bits per heavy atom. The number of hydrogen-bond acceptors (Lipinski definition) is 7. The van der Waals surface area contributed by atoms with E-state index in [0.29, 0.717) is 11.7 Å². The molecule has 0 saturated carbocycles. The molecule has 0 aliphatic rings. The Bertz CT molecular complexity index is 830. The molecule has 3 aromatic rings. The van der Waals surface area contributed by atoms with Crippen LogP contribution >= 0.6 is 0 Å². The van der Waals surface area contributed by atoms with E-state index in [9.17, 15) is 4.79 Å². The smallest absolute Gasteiger partial charge is 0.363 e. The molecule has 0 aliphatic carbocycles. The van der Waals surface area contributed by atoms with Gasteiger partial charge in [0.05, 0.1) is 6.20 Å². The highest BCUT2D eigenvalue weighted by atomic mass is 16.5. The molecule has 1 aromatic carbocycles. The molecule has 120 valence electrons. The highest BCUT2D eigenvalue weighted by molar-refractivity contribution is 5.88. The molecular weight excluding hydrogens is 306 g/mol. The minimum absolute atomic E-state index is 0.156. The lowest BCUT2D eigenvalue weighted by atomic mass is 10.3. The van der Waals surface area contributed by atoms with Gasteiger partial charge in [-0.25, -0.2) is 19.7 Å². The van der Waals surface area contributed by atoms with Crippen LogP contribution < -0.4 is 10.1 Å². The molecule has 24 heavy (non-hydrogen) atoms. The van der Waals surface area contributed by atoms with E-state index < -0.39 is 5.97 Å². The molecule has 7 heteroatoms. The fourth-order valence-corrected chi connectivity index (χ4v) is 2.08. The lowest BCUT2D eigenvalue weighted by Gasteiger charge is -2.08. The van der Waals surface area contributed by atoms with Gasteiger partial charge in [-0.2, -0.15) is 0 Å². The summed E-state index contributed by atoms with van der Waals surface area (Å²) in [6.07, 6.45) is 4.29. The van der Waals surface area contributed by atoms with Crippen LogP contribution in [0.25, 0.3) is 0 Å². The van der Waals surface area contributed by atoms with E-state index in [1.54, 1.807) is 24.3 Å². The monoisotopic (exact) mass is 321 g/mol. The molecule has 0 atom stereocenters. The average Bonchev–Trinajstić information content (AvgIpc) is 2.56. The predicted octanol–water partition coefficient (Wildman–Crippen LogP) is 2.85. The number of nitrogens with zero attached hydrogens (tertiary/aromatic N) is 4. The Kier molecular flexibility index (Phi) is 4.42. The summed E-state index contributed by atoms with van der Waals surface area (Å²) in [5, 5.41) is 3.11. The number of aromatic nitrogens is 4. The van der Waals surface area contributed by atoms with Crippen molar-refractivity contribution in [3.63, 3.8) is 0 Å². The van der Waals surface area contributed by atoms with Gasteiger partial charge in [-0.15, -0.1) is 0 Å². The van der Waals surface area contributed by atoms with Gasteiger partial charge >= 0.3 is 5.97 Å². The largest absolute Gasteiger partial charge is 0.422 e. The molecule has 0 unspecified atom stereocenters. The molecule has 0 amide bonds. The number of rotatable bonds is 4. The Morgan fingerprint density at radius 1 is 1.04 bits per heavy atom. The third kappa shape index (κ3) is 3.89. The van der Waals surface area contributed by atoms with Gasteiger partial charge in [0.2, 0.25) is 5.95 Å². The van der Waals surface area contributed by atoms with Gasteiger partial charge in [0, 0.05) is 29.5 Å². The number of hydrogen-bond donors (Lipinski definition) is 1. The van der Waals surface area contributed by atoms with E-state index in [2.05, 4.69) is 25.3 Å². The number of aryl methyl sites for hydroxylation is 2. The summed E-state index contributed by atoms with van der Waals surface area (Å²) >= 11 is 0. The summed E-state index contributed by atoms with van der Waals surface area (Å²) in [4.78, 5) is 28.3. The first-order valence-corrected chi connectivity index (χ1v) is 7.28. The van der Waals surface area contributed by atoms with Gasteiger partial charge in [0.15, 0.2) is 5.69 Å². The number of esters is 1. The summed E-state index contributed by atoms with van der Waals surface area (Å²) in [6.45, 7) is 3.82. The van der Waals surface area contributed by atoms with Crippen LogP contribution in [0.15, 0.2) is 48.9 Å². The van der Waals surface area contributed by atoms with Crippen LogP contribution in [0, 0.1) is 13.8 Å². The highest BCUT2D eigenvalue weighted by Gasteiger charge is 2.10. The van der Waals surface area contributed by atoms with Crippen molar-refractivity contribution < 1.29 is 9.53 Å². The van der Waals surface area contributed by atoms with Crippen molar-refractivity contribution in [2.24, 2.45) is 0 Å². The van der Waals surface area contributed by atoms with Gasteiger partial charge in [0.25, 0.3) is 0 Å². The first-order valence-electron chi connectivity index (χ1n) is 7.28. The summed E-state index contributed by atoms with van der Waals surface area (Å²) in [7, 11) is 0. The summed E-state index contributed by atoms with van der Waals surface area (Å²) < 4.78 is 5.24. The van der Waals surface area contributed by atoms with E-state index in [1.807, 2.05) is 19.9 Å². The maximum Gasteiger partial charge on any atom is 0.363 e. The van der Waals surface area contributed by atoms with Crippen molar-refractivity contribution in [1.82, 2.24) is 19.9 Å². The zero-order valence-electron chi connectivity index (χ0n) is 13.2. The molecule has 2 heterocycles. The lowest BCUT2D eigenvalue weighted by Crippen LogP contribution is -2.10. The third-order valence-corrected chi connectivity index (χ3v) is 3.08. The molecule has 0 spiro atoms. The second-order valence-corrected chi connectivity index (χ2v) is 5.10. The molecule has 0 bridgehead atoms. The van der Waals surface area contributed by atoms with Crippen molar-refractivity contribution in [3.8, 4) is 5.75 Å². The van der Waals surface area contributed by atoms with Crippen LogP contribution in [0.5, 0.6) is 5.75 Å². The Balaban J connectivity index is 1.68. The zero-order valence-corrected chi connectivity index (χ0v) is 13.2. The van der Waals surface area contributed by atoms with Crippen LogP contribution in [-0.4, -0.2) is 25.9 Å². The maximum absolute atomic E-state index is 11.9. The molecule has 0 fully saturated rings. The lowest BCUT2D eigenvalue weighted by molar-refractivity contribution is 0.0728. The number of benzene rings is 1. The summed E-state index contributed by atoms with van der Waals surface area (Å²) in [6, 6.07) is 8.82. The maximum atomic E-state index is 11.9. The van der Waals surface area contributed by atoms with E-state index in [1.165, 1.54) is 18.6 Å². The third-order valence-electron chi connectivity index (χ3n) is 3.08. The second kappa shape index (κ2) is 6.82. The topological polar surface area (TPSA) is 89.9 Å². The van der Waals surface area contributed by atoms with Gasteiger partial charge in [-0.3, -0.25) is 4.98 Å². The van der Waals surface area contributed by atoms with Gasteiger partial charge in [-0.05, 0) is 44.2 Å². The molecule has 1 N–H and O–H groups in total. The molecule has 7 nitrogen and oxygen atoms in total. The molecule has 2 aromatic heterocycles. The van der Waals surface area contributed by atoms with Crippen molar-refractivity contribution in [2.45, 2.75) is 13.8 Å². The van der Waals surface area contributed by atoms with E-state index in [0.717, 1.165) is 17.1 Å². The Labute approximate surface area is 138 Å². The van der Waals surface area contributed by atoms with Crippen LogP contribution in [0.2, 0.25) is 0 Å². The number of carbonyl (C=O) groups excluding carboxylic acids is 1. The minimum Gasteiger partial charge on any atom is -0.422 e. The Hall–Kier alpha value is -3.35. The first kappa shape index (κ1) is 15.5. The molecular formula is C17H15N5O2. The van der Waals surface area contributed by atoms with Gasteiger partial charge < -0.3 is 10.1 Å². The number of anilines is 2. The summed E-state index contributed by atoms with van der Waals surface area (Å²) in [5.74, 6) is 0.385. The van der Waals surface area contributed by atoms with Gasteiger partial charge in [-0.1, -0.05) is 0 Å². The van der Waals surface area contributed by atoms with Crippen LogP contribution in [0.4, 0.5) is 11.6 Å². The van der Waals surface area contributed by atoms with Crippen molar-refractivity contribution >= 4 is 17.6 Å². The fourth-order valence-electron chi connectivity index (χ4n) is 2.08. The molecule has 0 radical (unpaired) electrons. The number of carbonyl (C=O) groups is 1. The van der Waals surface area contributed by atoms with Crippen LogP contribution in [-0.2, 0) is 0 Å². The van der Waals surface area contributed by atoms with Crippen molar-refractivity contribution in [1.29, 1.82) is 0 Å². The van der Waals surface area contributed by atoms with Crippen molar-refractivity contribution in [3.05, 3.63) is 66.0 Å². The minimum atomic E-state index is -0.554. The number of ether oxygens (including phenoxy) is 1. The molecule has 0 saturated heterocycles. The Morgan fingerprint density at radius 2 is 1.75 bits per heavy atom. The van der Waals surface area contributed by atoms with E-state index in [-0.39, 0.29) is 5.69 Å². The normalized spacial score (nSPS) is 10.2. The second-order valence-electron chi connectivity index (χ2n) is 5.10. The highest BCUT2D eigenvalue weighted by Crippen LogP contribution is 2.19. The zero-order chi connectivity index (χ0) is 16.9. The summed E-state index contributed by atoms with van der Waals surface area (Å²) in [5.41, 5.74) is 2.72. The van der Waals surface area contributed by atoms with Crippen molar-refractivity contribution in [2.75, 3.05) is 5.32 Å². The predicted molar refractivity (Wildman–Crippen MR) is 88.2 cm³/mol. The average molecular weight is 321 g/mol. The van der Waals surface area contributed by atoms with E-state index >= 15 is 0 Å². The van der Waals surface area contributed by atoms with Gasteiger partial charge in [0.1, 0.15) is 5.75 Å².